The molecule has 1 atom stereocenters. The topological polar surface area (TPSA) is 35.3 Å². The number of piperazine rings is 1. The standard InChI is InChI=1S/C19H25FN4/c1-12-11-24-13(2)4-5-14-18(24)15(17(12)21)10-16(20)19(14)23-8-6-22(3)7-9-23/h10-11,13,21H,4-9H2,1-3H3. The summed E-state index contributed by atoms with van der Waals surface area (Å²) in [6.45, 7) is 7.81. The third-order valence-electron chi connectivity index (χ3n) is 5.69. The van der Waals surface area contributed by atoms with Crippen molar-refractivity contribution in [3.05, 3.63) is 34.6 Å². The average molecular weight is 328 g/mol. The molecule has 0 radical (unpaired) electrons. The van der Waals surface area contributed by atoms with Gasteiger partial charge in [-0.15, -0.1) is 0 Å². The number of aromatic nitrogens is 1. The van der Waals surface area contributed by atoms with E-state index in [2.05, 4.69) is 34.5 Å². The van der Waals surface area contributed by atoms with Crippen molar-refractivity contribution in [1.29, 1.82) is 5.41 Å². The SMILES string of the molecule is Cc1cn2c3c(c(N4CCN(C)CC4)c(F)cc3c1=N)CCC2C. The van der Waals surface area contributed by atoms with Gasteiger partial charge in [0.15, 0.2) is 0 Å². The monoisotopic (exact) mass is 328 g/mol. The molecule has 0 spiro atoms. The van der Waals surface area contributed by atoms with Gasteiger partial charge in [-0.2, -0.15) is 0 Å². The molecule has 128 valence electrons. The molecule has 1 saturated heterocycles. The zero-order valence-corrected chi connectivity index (χ0v) is 14.7. The summed E-state index contributed by atoms with van der Waals surface area (Å²) in [5, 5.41) is 9.60. The van der Waals surface area contributed by atoms with Gasteiger partial charge < -0.3 is 14.4 Å². The number of aryl methyl sites for hydroxylation is 2. The van der Waals surface area contributed by atoms with E-state index in [1.54, 1.807) is 6.07 Å². The molecule has 0 saturated carbocycles. The summed E-state index contributed by atoms with van der Waals surface area (Å²) in [5.74, 6) is -0.165. The number of nitrogens with zero attached hydrogens (tertiary/aromatic N) is 3. The highest BCUT2D eigenvalue weighted by atomic mass is 19.1. The van der Waals surface area contributed by atoms with Gasteiger partial charge in [-0.05, 0) is 45.4 Å². The molecular formula is C19H25FN4. The molecule has 24 heavy (non-hydrogen) atoms. The normalized spacial score (nSPS) is 21.5. The summed E-state index contributed by atoms with van der Waals surface area (Å²) in [4.78, 5) is 4.49. The minimum Gasteiger partial charge on any atom is -0.366 e. The number of anilines is 1. The Balaban J connectivity index is 1.99. The van der Waals surface area contributed by atoms with Gasteiger partial charge in [0.05, 0.1) is 16.6 Å². The van der Waals surface area contributed by atoms with E-state index in [9.17, 15) is 0 Å². The summed E-state index contributed by atoms with van der Waals surface area (Å²) >= 11 is 0. The molecule has 1 N–H and O–H groups in total. The first kappa shape index (κ1) is 15.6. The summed E-state index contributed by atoms with van der Waals surface area (Å²) in [6, 6.07) is 1.99. The number of rotatable bonds is 1. The summed E-state index contributed by atoms with van der Waals surface area (Å²) < 4.78 is 17.3. The highest BCUT2D eigenvalue weighted by molar-refractivity contribution is 5.88. The van der Waals surface area contributed by atoms with E-state index >= 15 is 4.39 Å². The van der Waals surface area contributed by atoms with Crippen LogP contribution < -0.4 is 10.3 Å². The zero-order valence-electron chi connectivity index (χ0n) is 14.7. The molecule has 3 heterocycles. The van der Waals surface area contributed by atoms with E-state index in [0.717, 1.165) is 66.7 Å². The lowest BCUT2D eigenvalue weighted by Crippen LogP contribution is -2.45. The van der Waals surface area contributed by atoms with E-state index in [4.69, 9.17) is 5.41 Å². The molecule has 1 unspecified atom stereocenters. The fourth-order valence-electron chi connectivity index (χ4n) is 4.17. The van der Waals surface area contributed by atoms with Crippen LogP contribution in [-0.2, 0) is 6.42 Å². The van der Waals surface area contributed by atoms with Gasteiger partial charge in [-0.1, -0.05) is 0 Å². The van der Waals surface area contributed by atoms with Gasteiger partial charge in [0.25, 0.3) is 0 Å². The molecule has 0 amide bonds. The van der Waals surface area contributed by atoms with Gasteiger partial charge in [-0.3, -0.25) is 5.41 Å². The van der Waals surface area contributed by atoms with Gasteiger partial charge >= 0.3 is 0 Å². The molecule has 0 bridgehead atoms. The molecule has 4 nitrogen and oxygen atoms in total. The highest BCUT2D eigenvalue weighted by Crippen LogP contribution is 2.38. The van der Waals surface area contributed by atoms with E-state index in [-0.39, 0.29) is 5.82 Å². The highest BCUT2D eigenvalue weighted by Gasteiger charge is 2.27. The van der Waals surface area contributed by atoms with E-state index < -0.39 is 0 Å². The Morgan fingerprint density at radius 1 is 1.21 bits per heavy atom. The maximum atomic E-state index is 15.1. The average Bonchev–Trinajstić information content (AvgIpc) is 2.56. The molecule has 4 rings (SSSR count). The third kappa shape index (κ3) is 2.25. The lowest BCUT2D eigenvalue weighted by molar-refractivity contribution is 0.311. The lowest BCUT2D eigenvalue weighted by Gasteiger charge is -2.37. The smallest absolute Gasteiger partial charge is 0.147 e. The first-order valence-electron chi connectivity index (χ1n) is 8.82. The van der Waals surface area contributed by atoms with Crippen molar-refractivity contribution in [3.8, 4) is 0 Å². The van der Waals surface area contributed by atoms with E-state index in [1.165, 1.54) is 0 Å². The molecule has 1 fully saturated rings. The van der Waals surface area contributed by atoms with E-state index in [1.807, 2.05) is 6.92 Å². The Morgan fingerprint density at radius 3 is 2.62 bits per heavy atom. The molecule has 2 aliphatic heterocycles. The van der Waals surface area contributed by atoms with Crippen molar-refractivity contribution < 1.29 is 4.39 Å². The van der Waals surface area contributed by atoms with Crippen LogP contribution in [0.25, 0.3) is 10.9 Å². The Morgan fingerprint density at radius 2 is 1.92 bits per heavy atom. The quantitative estimate of drug-likeness (QED) is 0.874. The molecule has 2 aliphatic rings. The van der Waals surface area contributed by atoms with Crippen LogP contribution >= 0.6 is 0 Å². The van der Waals surface area contributed by atoms with Crippen LogP contribution in [0.3, 0.4) is 0 Å². The van der Waals surface area contributed by atoms with Crippen LogP contribution in [0.5, 0.6) is 0 Å². The maximum Gasteiger partial charge on any atom is 0.147 e. The van der Waals surface area contributed by atoms with Crippen molar-refractivity contribution >= 4 is 16.6 Å². The van der Waals surface area contributed by atoms with Crippen LogP contribution in [0.4, 0.5) is 10.1 Å². The Kier molecular flexibility index (Phi) is 3.64. The van der Waals surface area contributed by atoms with Crippen LogP contribution in [0.2, 0.25) is 0 Å². The molecule has 5 heteroatoms. The van der Waals surface area contributed by atoms with Crippen molar-refractivity contribution in [3.63, 3.8) is 0 Å². The Hall–Kier alpha value is -1.88. The zero-order chi connectivity index (χ0) is 17.0. The van der Waals surface area contributed by atoms with Crippen LogP contribution in [0.15, 0.2) is 12.3 Å². The number of likely N-dealkylation sites (N-methyl/N-ethyl adjacent to an activating group) is 1. The maximum absolute atomic E-state index is 15.1. The Labute approximate surface area is 142 Å². The first-order chi connectivity index (χ1) is 11.5. The molecular weight excluding hydrogens is 303 g/mol. The fourth-order valence-corrected chi connectivity index (χ4v) is 4.17. The Bertz CT molecular complexity index is 862. The number of halogens is 1. The number of benzene rings is 1. The second-order valence-corrected chi connectivity index (χ2v) is 7.35. The molecule has 1 aromatic carbocycles. The predicted octanol–water partition coefficient (Wildman–Crippen LogP) is 2.83. The summed E-state index contributed by atoms with van der Waals surface area (Å²) in [7, 11) is 2.11. The second kappa shape index (κ2) is 5.59. The van der Waals surface area contributed by atoms with Crippen molar-refractivity contribution in [2.24, 2.45) is 0 Å². The minimum absolute atomic E-state index is 0.165. The number of hydrogen-bond acceptors (Lipinski definition) is 3. The largest absolute Gasteiger partial charge is 0.366 e. The van der Waals surface area contributed by atoms with Crippen LogP contribution in [-0.4, -0.2) is 42.7 Å². The van der Waals surface area contributed by atoms with Crippen molar-refractivity contribution in [2.45, 2.75) is 32.7 Å². The number of pyridine rings is 1. The van der Waals surface area contributed by atoms with Gasteiger partial charge in [0.1, 0.15) is 5.82 Å². The number of hydrogen-bond donors (Lipinski definition) is 1. The fraction of sp³-hybridized carbons (Fsp3) is 0.526. The second-order valence-electron chi connectivity index (χ2n) is 7.35. The van der Waals surface area contributed by atoms with Crippen LogP contribution in [0, 0.1) is 18.2 Å². The van der Waals surface area contributed by atoms with Crippen molar-refractivity contribution in [1.82, 2.24) is 9.47 Å². The molecule has 2 aromatic rings. The van der Waals surface area contributed by atoms with Crippen LogP contribution in [0.1, 0.15) is 30.5 Å². The van der Waals surface area contributed by atoms with Gasteiger partial charge in [0, 0.05) is 49.4 Å². The third-order valence-corrected chi connectivity index (χ3v) is 5.69. The van der Waals surface area contributed by atoms with Gasteiger partial charge in [-0.25, -0.2) is 4.39 Å². The lowest BCUT2D eigenvalue weighted by atomic mass is 9.93. The molecule has 0 aliphatic carbocycles. The summed E-state index contributed by atoms with van der Waals surface area (Å²) in [5.41, 5.74) is 3.86. The predicted molar refractivity (Wildman–Crippen MR) is 95.2 cm³/mol. The first-order valence-corrected chi connectivity index (χ1v) is 8.82. The van der Waals surface area contributed by atoms with Crippen molar-refractivity contribution in [2.75, 3.05) is 38.1 Å². The minimum atomic E-state index is -0.165. The van der Waals surface area contributed by atoms with E-state index in [0.29, 0.717) is 11.4 Å². The van der Waals surface area contributed by atoms with Gasteiger partial charge in [0.2, 0.25) is 0 Å². The number of nitrogens with one attached hydrogen (secondary N) is 1. The molecule has 1 aromatic heterocycles. The summed E-state index contributed by atoms with van der Waals surface area (Å²) in [6.07, 6.45) is 3.98.